The standard InChI is InChI=1S/C14H15IN6O2/c15-11-10-12(16)17-7-18-13(10)21(19-11)9-3-1-8(2-4-9)20-5-6-23-14(20)22/h5-9H,1-4H2,(H2,16,17,18). The van der Waals surface area contributed by atoms with Crippen LogP contribution >= 0.6 is 22.6 Å². The second kappa shape index (κ2) is 5.62. The van der Waals surface area contributed by atoms with Crippen LogP contribution < -0.4 is 11.5 Å². The third-order valence-electron chi connectivity index (χ3n) is 4.48. The van der Waals surface area contributed by atoms with Crippen LogP contribution in [0.5, 0.6) is 0 Å². The molecule has 0 aromatic carbocycles. The van der Waals surface area contributed by atoms with Crippen molar-refractivity contribution in [1.29, 1.82) is 0 Å². The summed E-state index contributed by atoms with van der Waals surface area (Å²) >= 11 is 2.17. The van der Waals surface area contributed by atoms with E-state index in [0.29, 0.717) is 5.82 Å². The molecule has 0 bridgehead atoms. The number of nitrogens with two attached hydrogens (primary N) is 1. The van der Waals surface area contributed by atoms with Crippen LogP contribution in [0.2, 0.25) is 0 Å². The van der Waals surface area contributed by atoms with Crippen LogP contribution in [0.25, 0.3) is 11.0 Å². The average molecular weight is 426 g/mol. The highest BCUT2D eigenvalue weighted by atomic mass is 127. The number of anilines is 1. The van der Waals surface area contributed by atoms with Gasteiger partial charge in [-0.15, -0.1) is 0 Å². The minimum Gasteiger partial charge on any atom is -0.416 e. The van der Waals surface area contributed by atoms with E-state index in [4.69, 9.17) is 10.2 Å². The maximum Gasteiger partial charge on any atom is 0.419 e. The van der Waals surface area contributed by atoms with Gasteiger partial charge in [0.05, 0.1) is 11.4 Å². The number of rotatable bonds is 2. The molecule has 0 radical (unpaired) electrons. The first-order valence-corrected chi connectivity index (χ1v) is 8.53. The zero-order valence-corrected chi connectivity index (χ0v) is 14.4. The third-order valence-corrected chi connectivity index (χ3v) is 5.24. The van der Waals surface area contributed by atoms with E-state index >= 15 is 0 Å². The summed E-state index contributed by atoms with van der Waals surface area (Å²) in [4.78, 5) is 20.0. The van der Waals surface area contributed by atoms with E-state index in [1.165, 1.54) is 12.6 Å². The van der Waals surface area contributed by atoms with Gasteiger partial charge in [0.2, 0.25) is 0 Å². The van der Waals surface area contributed by atoms with Crippen molar-refractivity contribution in [3.8, 4) is 0 Å². The van der Waals surface area contributed by atoms with Crippen LogP contribution in [0, 0.1) is 3.70 Å². The molecule has 9 heteroatoms. The molecule has 4 rings (SSSR count). The monoisotopic (exact) mass is 426 g/mol. The first-order chi connectivity index (χ1) is 11.1. The van der Waals surface area contributed by atoms with Crippen molar-refractivity contribution < 1.29 is 4.42 Å². The molecule has 3 aromatic rings. The van der Waals surface area contributed by atoms with Crippen molar-refractivity contribution in [2.75, 3.05) is 5.73 Å². The van der Waals surface area contributed by atoms with Crippen LogP contribution in [-0.2, 0) is 0 Å². The topological polar surface area (TPSA) is 105 Å². The highest BCUT2D eigenvalue weighted by Crippen LogP contribution is 2.36. The number of oxazole rings is 1. The molecular weight excluding hydrogens is 411 g/mol. The number of hydrogen-bond donors (Lipinski definition) is 1. The van der Waals surface area contributed by atoms with Crippen molar-refractivity contribution >= 4 is 39.4 Å². The molecular formula is C14H15IN6O2. The van der Waals surface area contributed by atoms with Gasteiger partial charge in [-0.2, -0.15) is 5.10 Å². The molecule has 1 fully saturated rings. The Balaban J connectivity index is 1.61. The number of halogens is 1. The lowest BCUT2D eigenvalue weighted by molar-refractivity contribution is 0.255. The zero-order chi connectivity index (χ0) is 16.0. The van der Waals surface area contributed by atoms with Crippen LogP contribution in [0.1, 0.15) is 37.8 Å². The Morgan fingerprint density at radius 2 is 1.96 bits per heavy atom. The zero-order valence-electron chi connectivity index (χ0n) is 12.2. The summed E-state index contributed by atoms with van der Waals surface area (Å²) in [6.07, 6.45) is 8.30. The molecule has 8 nitrogen and oxygen atoms in total. The molecule has 1 saturated carbocycles. The van der Waals surface area contributed by atoms with Crippen LogP contribution in [0.3, 0.4) is 0 Å². The Morgan fingerprint density at radius 1 is 1.22 bits per heavy atom. The molecule has 0 spiro atoms. The molecule has 23 heavy (non-hydrogen) atoms. The van der Waals surface area contributed by atoms with E-state index < -0.39 is 0 Å². The van der Waals surface area contributed by atoms with E-state index in [1.807, 2.05) is 4.68 Å². The van der Waals surface area contributed by atoms with Crippen molar-refractivity contribution in [1.82, 2.24) is 24.3 Å². The van der Waals surface area contributed by atoms with Gasteiger partial charge in [0.25, 0.3) is 0 Å². The van der Waals surface area contributed by atoms with Crippen LogP contribution in [0.4, 0.5) is 5.82 Å². The van der Waals surface area contributed by atoms with E-state index in [-0.39, 0.29) is 17.8 Å². The van der Waals surface area contributed by atoms with E-state index in [9.17, 15) is 4.79 Å². The first-order valence-electron chi connectivity index (χ1n) is 7.45. The first kappa shape index (κ1) is 14.7. The summed E-state index contributed by atoms with van der Waals surface area (Å²) in [6, 6.07) is 0.451. The molecule has 3 heterocycles. The average Bonchev–Trinajstić information content (AvgIpc) is 3.12. The van der Waals surface area contributed by atoms with Gasteiger partial charge in [-0.3, -0.25) is 4.57 Å². The van der Waals surface area contributed by atoms with Crippen LogP contribution in [0.15, 0.2) is 28.0 Å². The maximum absolute atomic E-state index is 11.6. The Hall–Kier alpha value is -1.91. The Labute approximate surface area is 144 Å². The molecule has 0 aliphatic heterocycles. The number of nitrogens with zero attached hydrogens (tertiary/aromatic N) is 5. The van der Waals surface area contributed by atoms with Gasteiger partial charge in [-0.05, 0) is 48.3 Å². The molecule has 1 aliphatic carbocycles. The van der Waals surface area contributed by atoms with Gasteiger partial charge < -0.3 is 10.2 Å². The van der Waals surface area contributed by atoms with Gasteiger partial charge >= 0.3 is 5.76 Å². The van der Waals surface area contributed by atoms with E-state index in [1.54, 1.807) is 10.8 Å². The van der Waals surface area contributed by atoms with Crippen molar-refractivity contribution in [3.05, 3.63) is 33.0 Å². The molecule has 2 N–H and O–H groups in total. The molecule has 1 aliphatic rings. The van der Waals surface area contributed by atoms with Gasteiger partial charge in [-0.25, -0.2) is 19.4 Å². The van der Waals surface area contributed by atoms with Crippen molar-refractivity contribution in [2.24, 2.45) is 0 Å². The fraction of sp³-hybridized carbons (Fsp3) is 0.429. The second-order valence-electron chi connectivity index (χ2n) is 5.73. The minimum atomic E-state index is -0.284. The third kappa shape index (κ3) is 2.42. The fourth-order valence-electron chi connectivity index (χ4n) is 3.34. The SMILES string of the molecule is Nc1ncnc2c1c(I)nn2C1CCC(n2ccoc2=O)CC1. The van der Waals surface area contributed by atoms with E-state index in [0.717, 1.165) is 40.4 Å². The smallest absolute Gasteiger partial charge is 0.416 e. The lowest BCUT2D eigenvalue weighted by atomic mass is 9.91. The summed E-state index contributed by atoms with van der Waals surface area (Å²) in [6.45, 7) is 0. The highest BCUT2D eigenvalue weighted by molar-refractivity contribution is 14.1. The summed E-state index contributed by atoms with van der Waals surface area (Å²) in [5.41, 5.74) is 6.73. The summed E-state index contributed by atoms with van der Waals surface area (Å²) < 4.78 is 9.33. The molecule has 0 unspecified atom stereocenters. The number of hydrogen-bond acceptors (Lipinski definition) is 6. The Kier molecular flexibility index (Phi) is 3.58. The number of fused-ring (bicyclic) bond motifs is 1. The highest BCUT2D eigenvalue weighted by Gasteiger charge is 2.27. The van der Waals surface area contributed by atoms with Gasteiger partial charge in [-0.1, -0.05) is 0 Å². The van der Waals surface area contributed by atoms with Gasteiger partial charge in [0, 0.05) is 12.2 Å². The Bertz CT molecular complexity index is 906. The minimum absolute atomic E-state index is 0.193. The van der Waals surface area contributed by atoms with Crippen molar-refractivity contribution in [3.63, 3.8) is 0 Å². The normalized spacial score (nSPS) is 21.8. The number of aromatic nitrogens is 5. The maximum atomic E-state index is 11.6. The molecule has 0 amide bonds. The van der Waals surface area contributed by atoms with Crippen molar-refractivity contribution in [2.45, 2.75) is 37.8 Å². The predicted molar refractivity (Wildman–Crippen MR) is 92.0 cm³/mol. The lowest BCUT2D eigenvalue weighted by Crippen LogP contribution is -2.26. The van der Waals surface area contributed by atoms with Gasteiger partial charge in [0.1, 0.15) is 22.1 Å². The summed E-state index contributed by atoms with van der Waals surface area (Å²) in [7, 11) is 0. The quantitative estimate of drug-likeness (QED) is 0.630. The van der Waals surface area contributed by atoms with E-state index in [2.05, 4.69) is 37.7 Å². The summed E-state index contributed by atoms with van der Waals surface area (Å²) in [5, 5.41) is 5.43. The molecule has 0 atom stereocenters. The summed E-state index contributed by atoms with van der Waals surface area (Å²) in [5.74, 6) is 0.178. The Morgan fingerprint density at radius 3 is 2.65 bits per heavy atom. The molecule has 120 valence electrons. The van der Waals surface area contributed by atoms with Gasteiger partial charge in [0.15, 0.2) is 5.65 Å². The lowest BCUT2D eigenvalue weighted by Gasteiger charge is -2.28. The fourth-order valence-corrected chi connectivity index (χ4v) is 4.09. The van der Waals surface area contributed by atoms with Crippen LogP contribution in [-0.4, -0.2) is 24.3 Å². The predicted octanol–water partition coefficient (Wildman–Crippen LogP) is 2.12. The molecule has 3 aromatic heterocycles. The number of nitrogen functional groups attached to an aromatic ring is 1. The molecule has 0 saturated heterocycles. The largest absolute Gasteiger partial charge is 0.419 e. The second-order valence-corrected chi connectivity index (χ2v) is 6.75.